The van der Waals surface area contributed by atoms with E-state index < -0.39 is 0 Å². The number of ether oxygens (including phenoxy) is 1. The van der Waals surface area contributed by atoms with Crippen molar-refractivity contribution in [3.63, 3.8) is 0 Å². The smallest absolute Gasteiger partial charge is 0.236 e. The lowest BCUT2D eigenvalue weighted by molar-refractivity contribution is -0.134. The molecule has 2 atom stereocenters. The number of benzene rings is 1. The van der Waals surface area contributed by atoms with E-state index in [4.69, 9.17) is 9.15 Å². The molecular weight excluding hydrogens is 424 g/mol. The van der Waals surface area contributed by atoms with Crippen LogP contribution in [0.5, 0.6) is 5.75 Å². The standard InChI is InChI=1S/C24H30N4O3S/c1-4-19-10-5-6-13-27(19)23(29)17(2)32-24-26-25-22(18-9-7-11-20(15-18)30-3)28(24)16-21-12-8-14-31-21/h7-9,11-12,14-15,17,19H,4-6,10,13,16H2,1-3H3. The Labute approximate surface area is 193 Å². The van der Waals surface area contributed by atoms with Gasteiger partial charge in [-0.1, -0.05) is 30.8 Å². The number of hydrogen-bond donors (Lipinski definition) is 0. The molecular formula is C24H30N4O3S. The van der Waals surface area contributed by atoms with Gasteiger partial charge in [-0.2, -0.15) is 0 Å². The normalized spacial score (nSPS) is 17.3. The lowest BCUT2D eigenvalue weighted by Gasteiger charge is -2.36. The molecule has 0 spiro atoms. The predicted molar refractivity (Wildman–Crippen MR) is 125 cm³/mol. The van der Waals surface area contributed by atoms with Gasteiger partial charge in [-0.15, -0.1) is 10.2 Å². The van der Waals surface area contributed by atoms with Gasteiger partial charge in [-0.3, -0.25) is 9.36 Å². The van der Waals surface area contributed by atoms with Crippen LogP contribution in [0.3, 0.4) is 0 Å². The summed E-state index contributed by atoms with van der Waals surface area (Å²) in [5.74, 6) is 2.45. The van der Waals surface area contributed by atoms with Crippen LogP contribution >= 0.6 is 11.8 Å². The van der Waals surface area contributed by atoms with Gasteiger partial charge in [0.25, 0.3) is 0 Å². The molecule has 3 aromatic rings. The first-order chi connectivity index (χ1) is 15.6. The van der Waals surface area contributed by atoms with Crippen LogP contribution in [-0.2, 0) is 11.3 Å². The Balaban J connectivity index is 1.61. The van der Waals surface area contributed by atoms with Crippen LogP contribution in [0.4, 0.5) is 0 Å². The lowest BCUT2D eigenvalue weighted by atomic mass is 10.00. The third-order valence-electron chi connectivity index (χ3n) is 5.95. The van der Waals surface area contributed by atoms with Crippen LogP contribution in [0.15, 0.2) is 52.2 Å². The van der Waals surface area contributed by atoms with Crippen molar-refractivity contribution in [1.29, 1.82) is 0 Å². The van der Waals surface area contributed by atoms with Gasteiger partial charge in [0.1, 0.15) is 11.5 Å². The third kappa shape index (κ3) is 4.85. The minimum Gasteiger partial charge on any atom is -0.497 e. The molecule has 8 heteroatoms. The van der Waals surface area contributed by atoms with Gasteiger partial charge < -0.3 is 14.1 Å². The maximum Gasteiger partial charge on any atom is 0.236 e. The lowest BCUT2D eigenvalue weighted by Crippen LogP contribution is -2.46. The highest BCUT2D eigenvalue weighted by Crippen LogP contribution is 2.31. The number of carbonyl (C=O) groups is 1. The Bertz CT molecular complexity index is 1030. The van der Waals surface area contributed by atoms with Crippen LogP contribution < -0.4 is 4.74 Å². The summed E-state index contributed by atoms with van der Waals surface area (Å²) in [5.41, 5.74) is 0.899. The zero-order valence-electron chi connectivity index (χ0n) is 18.9. The molecule has 0 bridgehead atoms. The molecule has 1 saturated heterocycles. The number of hydrogen-bond acceptors (Lipinski definition) is 6. The molecule has 1 fully saturated rings. The largest absolute Gasteiger partial charge is 0.497 e. The molecule has 1 amide bonds. The molecule has 0 radical (unpaired) electrons. The average Bonchev–Trinajstić information content (AvgIpc) is 3.49. The molecule has 7 nitrogen and oxygen atoms in total. The number of aromatic nitrogens is 3. The van der Waals surface area contributed by atoms with E-state index in [1.54, 1.807) is 13.4 Å². The molecule has 2 unspecified atom stereocenters. The third-order valence-corrected chi connectivity index (χ3v) is 7.02. The van der Waals surface area contributed by atoms with E-state index in [1.807, 2.05) is 47.9 Å². The Morgan fingerprint density at radius 3 is 2.91 bits per heavy atom. The predicted octanol–water partition coefficient (Wildman–Crippen LogP) is 4.87. The maximum atomic E-state index is 13.3. The SMILES string of the molecule is CCC1CCCCN1C(=O)C(C)Sc1nnc(-c2cccc(OC)c2)n1Cc1ccco1. The maximum absolute atomic E-state index is 13.3. The van der Waals surface area contributed by atoms with E-state index in [0.29, 0.717) is 23.6 Å². The van der Waals surface area contributed by atoms with Crippen LogP contribution in [0.2, 0.25) is 0 Å². The van der Waals surface area contributed by atoms with E-state index in [2.05, 4.69) is 22.0 Å². The number of carbonyl (C=O) groups excluding carboxylic acids is 1. The Kier molecular flexibility index (Phi) is 7.19. The van der Waals surface area contributed by atoms with Gasteiger partial charge in [-0.25, -0.2) is 0 Å². The summed E-state index contributed by atoms with van der Waals surface area (Å²) in [7, 11) is 1.64. The van der Waals surface area contributed by atoms with E-state index in [1.165, 1.54) is 18.2 Å². The number of nitrogens with zero attached hydrogens (tertiary/aromatic N) is 4. The van der Waals surface area contributed by atoms with E-state index in [9.17, 15) is 4.79 Å². The second-order valence-corrected chi connectivity index (χ2v) is 9.36. The molecule has 1 aromatic carbocycles. The number of rotatable bonds is 8. The van der Waals surface area contributed by atoms with Crippen LogP contribution in [0.1, 0.15) is 45.3 Å². The highest BCUT2D eigenvalue weighted by Gasteiger charge is 2.30. The first kappa shape index (κ1) is 22.5. The minimum atomic E-state index is -0.250. The molecule has 2 aromatic heterocycles. The fraction of sp³-hybridized carbons (Fsp3) is 0.458. The summed E-state index contributed by atoms with van der Waals surface area (Å²) >= 11 is 1.46. The molecule has 0 saturated carbocycles. The molecule has 170 valence electrons. The molecule has 1 aliphatic rings. The first-order valence-corrected chi connectivity index (χ1v) is 12.1. The van der Waals surface area contributed by atoms with Crippen molar-refractivity contribution in [2.45, 2.75) is 62.5 Å². The van der Waals surface area contributed by atoms with Gasteiger partial charge >= 0.3 is 0 Å². The Morgan fingerprint density at radius 2 is 2.16 bits per heavy atom. The van der Waals surface area contributed by atoms with E-state index in [-0.39, 0.29) is 11.2 Å². The van der Waals surface area contributed by atoms with E-state index >= 15 is 0 Å². The zero-order chi connectivity index (χ0) is 22.5. The van der Waals surface area contributed by atoms with Crippen molar-refractivity contribution >= 4 is 17.7 Å². The van der Waals surface area contributed by atoms with Crippen molar-refractivity contribution in [2.24, 2.45) is 0 Å². The van der Waals surface area contributed by atoms with Gasteiger partial charge in [0.2, 0.25) is 5.91 Å². The van der Waals surface area contributed by atoms with Gasteiger partial charge in [0, 0.05) is 18.2 Å². The van der Waals surface area contributed by atoms with Crippen molar-refractivity contribution in [3.05, 3.63) is 48.4 Å². The van der Waals surface area contributed by atoms with Crippen molar-refractivity contribution < 1.29 is 13.9 Å². The molecule has 0 aliphatic carbocycles. The van der Waals surface area contributed by atoms with Crippen LogP contribution in [0.25, 0.3) is 11.4 Å². The van der Waals surface area contributed by atoms with Gasteiger partial charge in [-0.05, 0) is 56.9 Å². The molecule has 4 rings (SSSR count). The monoisotopic (exact) mass is 454 g/mol. The second kappa shape index (κ2) is 10.3. The molecule has 1 aliphatic heterocycles. The summed E-state index contributed by atoms with van der Waals surface area (Å²) in [6, 6.07) is 11.9. The Morgan fingerprint density at radius 1 is 1.28 bits per heavy atom. The van der Waals surface area contributed by atoms with Gasteiger partial charge in [0.15, 0.2) is 11.0 Å². The first-order valence-electron chi connectivity index (χ1n) is 11.2. The zero-order valence-corrected chi connectivity index (χ0v) is 19.7. The second-order valence-electron chi connectivity index (χ2n) is 8.05. The number of thioether (sulfide) groups is 1. The fourth-order valence-electron chi connectivity index (χ4n) is 4.21. The van der Waals surface area contributed by atoms with Crippen LogP contribution in [0, 0.1) is 0 Å². The number of furan rings is 1. The van der Waals surface area contributed by atoms with Gasteiger partial charge in [0.05, 0.1) is 25.2 Å². The summed E-state index contributed by atoms with van der Waals surface area (Å²) < 4.78 is 13.0. The highest BCUT2D eigenvalue weighted by atomic mass is 32.2. The van der Waals surface area contributed by atoms with Crippen molar-refractivity contribution in [2.75, 3.05) is 13.7 Å². The van der Waals surface area contributed by atoms with Crippen molar-refractivity contribution in [1.82, 2.24) is 19.7 Å². The molecule has 32 heavy (non-hydrogen) atoms. The Hall–Kier alpha value is -2.74. The average molecular weight is 455 g/mol. The molecule has 0 N–H and O–H groups in total. The minimum absolute atomic E-state index is 0.178. The summed E-state index contributed by atoms with van der Waals surface area (Å²) in [6.07, 6.45) is 6.02. The quantitative estimate of drug-likeness (QED) is 0.452. The number of amides is 1. The summed E-state index contributed by atoms with van der Waals surface area (Å²) in [4.78, 5) is 15.3. The topological polar surface area (TPSA) is 73.4 Å². The molecule has 3 heterocycles. The number of methoxy groups -OCH3 is 1. The van der Waals surface area contributed by atoms with Crippen molar-refractivity contribution in [3.8, 4) is 17.1 Å². The van der Waals surface area contributed by atoms with E-state index in [0.717, 1.165) is 42.9 Å². The summed E-state index contributed by atoms with van der Waals surface area (Å²) in [5, 5.41) is 9.38. The fourth-order valence-corrected chi connectivity index (χ4v) is 5.13. The number of piperidine rings is 1. The van der Waals surface area contributed by atoms with Crippen LogP contribution in [-0.4, -0.2) is 50.5 Å². The summed E-state index contributed by atoms with van der Waals surface area (Å²) in [6.45, 7) is 5.45. The number of likely N-dealkylation sites (tertiary alicyclic amines) is 1. The highest BCUT2D eigenvalue weighted by molar-refractivity contribution is 8.00.